The zero-order chi connectivity index (χ0) is 26.3. The van der Waals surface area contributed by atoms with Crippen molar-refractivity contribution in [3.05, 3.63) is 87.4 Å². The summed E-state index contributed by atoms with van der Waals surface area (Å²) in [4.78, 5) is 17.9. The van der Waals surface area contributed by atoms with Gasteiger partial charge in [-0.2, -0.15) is 0 Å². The summed E-state index contributed by atoms with van der Waals surface area (Å²) in [5.41, 5.74) is 6.63. The quantitative estimate of drug-likeness (QED) is 0.217. The van der Waals surface area contributed by atoms with Crippen LogP contribution in [0.4, 0.5) is 5.69 Å². The molecular weight excluding hydrogens is 550 g/mol. The first-order chi connectivity index (χ1) is 17.7. The summed E-state index contributed by atoms with van der Waals surface area (Å²) in [6.45, 7) is 6.01. The van der Waals surface area contributed by atoms with E-state index in [1.165, 1.54) is 7.11 Å². The average Bonchev–Trinajstić information content (AvgIpc) is 3.29. The van der Waals surface area contributed by atoms with Crippen LogP contribution in [0, 0.1) is 20.8 Å². The van der Waals surface area contributed by atoms with Gasteiger partial charge in [0.1, 0.15) is 11.3 Å². The minimum Gasteiger partial charge on any atom is -0.495 e. The van der Waals surface area contributed by atoms with E-state index >= 15 is 0 Å². The number of nitrogens with zero attached hydrogens (tertiary/aromatic N) is 1. The number of aromatic nitrogens is 1. The van der Waals surface area contributed by atoms with Crippen LogP contribution in [0.25, 0.3) is 33.3 Å². The van der Waals surface area contributed by atoms with Crippen molar-refractivity contribution in [1.29, 1.82) is 0 Å². The second kappa shape index (κ2) is 9.95. The van der Waals surface area contributed by atoms with E-state index in [-0.39, 0.29) is 11.0 Å². The number of oxazole rings is 1. The second-order valence-corrected chi connectivity index (χ2v) is 10.1. The Bertz CT molecular complexity index is 1710. The molecule has 8 heteroatoms. The number of anilines is 1. The first-order valence-electron chi connectivity index (χ1n) is 11.6. The number of methoxy groups -OCH3 is 1. The lowest BCUT2D eigenvalue weighted by Gasteiger charge is -2.15. The summed E-state index contributed by atoms with van der Waals surface area (Å²) in [5, 5.41) is 7.94. The molecule has 0 aliphatic heterocycles. The third kappa shape index (κ3) is 4.82. The van der Waals surface area contributed by atoms with Crippen molar-refractivity contribution < 1.29 is 13.9 Å². The SMILES string of the molecule is COc1c(C(=O)NC(=S)Nc2cc(-c3nc4cc(C)cc(C)c4o3)ccc2C)cc2ccccc2c1Br. The van der Waals surface area contributed by atoms with Crippen LogP contribution >= 0.6 is 28.1 Å². The number of carbonyl (C=O) groups excluding carboxylic acids is 1. The van der Waals surface area contributed by atoms with Crippen LogP contribution in [0.2, 0.25) is 0 Å². The number of rotatable bonds is 4. The lowest BCUT2D eigenvalue weighted by atomic mass is 10.1. The van der Waals surface area contributed by atoms with Crippen molar-refractivity contribution in [2.75, 3.05) is 12.4 Å². The van der Waals surface area contributed by atoms with Gasteiger partial charge in [0.15, 0.2) is 10.7 Å². The Kier molecular flexibility index (Phi) is 6.70. The standard InChI is InChI=1S/C29H24BrN3O3S/c1-15-11-17(3)25-23(12-15)31-28(36-25)19-10-9-16(2)22(14-19)32-29(37)33-27(34)21-13-18-7-5-6-8-20(18)24(30)26(21)35-4/h5-14H,1-4H3,(H2,32,33,34,37). The number of aryl methyl sites for hydroxylation is 3. The van der Waals surface area contributed by atoms with E-state index in [1.807, 2.05) is 69.3 Å². The molecule has 0 aliphatic rings. The number of hydrogen-bond acceptors (Lipinski definition) is 5. The molecule has 0 radical (unpaired) electrons. The van der Waals surface area contributed by atoms with E-state index in [2.05, 4.69) is 37.6 Å². The van der Waals surface area contributed by atoms with Crippen LogP contribution in [0.3, 0.4) is 0 Å². The molecule has 1 amide bonds. The highest BCUT2D eigenvalue weighted by Crippen LogP contribution is 2.36. The molecule has 2 N–H and O–H groups in total. The van der Waals surface area contributed by atoms with Gasteiger partial charge in [-0.15, -0.1) is 0 Å². The van der Waals surface area contributed by atoms with Gasteiger partial charge in [-0.05, 0) is 101 Å². The maximum Gasteiger partial charge on any atom is 0.261 e. The fourth-order valence-electron chi connectivity index (χ4n) is 4.37. The molecule has 0 atom stereocenters. The lowest BCUT2D eigenvalue weighted by molar-refractivity contribution is 0.0975. The number of hydrogen-bond donors (Lipinski definition) is 2. The van der Waals surface area contributed by atoms with E-state index in [9.17, 15) is 4.79 Å². The predicted octanol–water partition coefficient (Wildman–Crippen LogP) is 7.47. The maximum atomic E-state index is 13.2. The summed E-state index contributed by atoms with van der Waals surface area (Å²) in [6, 6.07) is 19.5. The molecule has 0 fully saturated rings. The number of carbonyl (C=O) groups is 1. The third-order valence-electron chi connectivity index (χ3n) is 6.17. The summed E-state index contributed by atoms with van der Waals surface area (Å²) in [5.74, 6) is 0.588. The summed E-state index contributed by atoms with van der Waals surface area (Å²) in [6.07, 6.45) is 0. The highest BCUT2D eigenvalue weighted by Gasteiger charge is 2.19. The number of amides is 1. The molecule has 1 aromatic heterocycles. The normalized spacial score (nSPS) is 11.1. The minimum absolute atomic E-state index is 0.167. The van der Waals surface area contributed by atoms with Crippen molar-refractivity contribution in [3.8, 4) is 17.2 Å². The number of benzene rings is 4. The molecule has 37 heavy (non-hydrogen) atoms. The van der Waals surface area contributed by atoms with Crippen LogP contribution in [-0.2, 0) is 0 Å². The zero-order valence-corrected chi connectivity index (χ0v) is 23.1. The fourth-order valence-corrected chi connectivity index (χ4v) is 5.31. The molecule has 0 aliphatic carbocycles. The van der Waals surface area contributed by atoms with E-state index < -0.39 is 0 Å². The topological polar surface area (TPSA) is 76.4 Å². The molecule has 0 spiro atoms. The van der Waals surface area contributed by atoms with Gasteiger partial charge in [0.25, 0.3) is 5.91 Å². The van der Waals surface area contributed by atoms with E-state index in [1.54, 1.807) is 6.07 Å². The van der Waals surface area contributed by atoms with Gasteiger partial charge < -0.3 is 14.5 Å². The Morgan fingerprint density at radius 1 is 1.03 bits per heavy atom. The van der Waals surface area contributed by atoms with Crippen LogP contribution in [0.5, 0.6) is 5.75 Å². The average molecular weight is 575 g/mol. The molecule has 186 valence electrons. The Hall–Kier alpha value is -3.75. The molecule has 1 heterocycles. The lowest BCUT2D eigenvalue weighted by Crippen LogP contribution is -2.34. The Balaban J connectivity index is 1.40. The molecule has 0 unspecified atom stereocenters. The van der Waals surface area contributed by atoms with E-state index in [0.29, 0.717) is 21.7 Å². The Morgan fingerprint density at radius 2 is 1.81 bits per heavy atom. The monoisotopic (exact) mass is 573 g/mol. The van der Waals surface area contributed by atoms with Gasteiger partial charge in [0.2, 0.25) is 5.89 Å². The highest BCUT2D eigenvalue weighted by molar-refractivity contribution is 9.10. The molecule has 5 rings (SSSR count). The molecule has 4 aromatic carbocycles. The molecule has 6 nitrogen and oxygen atoms in total. The van der Waals surface area contributed by atoms with Crippen LogP contribution in [0.15, 0.2) is 69.6 Å². The van der Waals surface area contributed by atoms with E-state index in [4.69, 9.17) is 21.4 Å². The van der Waals surface area contributed by atoms with Crippen molar-refractivity contribution in [1.82, 2.24) is 10.3 Å². The predicted molar refractivity (Wildman–Crippen MR) is 156 cm³/mol. The van der Waals surface area contributed by atoms with Gasteiger partial charge in [0, 0.05) is 11.3 Å². The second-order valence-electron chi connectivity index (χ2n) is 8.88. The van der Waals surface area contributed by atoms with Gasteiger partial charge in [-0.3, -0.25) is 10.1 Å². The van der Waals surface area contributed by atoms with Crippen LogP contribution in [-0.4, -0.2) is 23.1 Å². The summed E-state index contributed by atoms with van der Waals surface area (Å²) in [7, 11) is 1.53. The molecule has 0 saturated carbocycles. The van der Waals surface area contributed by atoms with Crippen molar-refractivity contribution in [2.45, 2.75) is 20.8 Å². The van der Waals surface area contributed by atoms with Gasteiger partial charge in [-0.1, -0.05) is 36.4 Å². The smallest absolute Gasteiger partial charge is 0.261 e. The van der Waals surface area contributed by atoms with Gasteiger partial charge >= 0.3 is 0 Å². The zero-order valence-electron chi connectivity index (χ0n) is 20.7. The number of nitrogens with one attached hydrogen (secondary N) is 2. The maximum absolute atomic E-state index is 13.2. The minimum atomic E-state index is -0.376. The van der Waals surface area contributed by atoms with Crippen molar-refractivity contribution in [2.24, 2.45) is 0 Å². The summed E-state index contributed by atoms with van der Waals surface area (Å²) < 4.78 is 12.3. The van der Waals surface area contributed by atoms with Gasteiger partial charge in [0.05, 0.1) is 17.1 Å². The van der Waals surface area contributed by atoms with Crippen LogP contribution in [0.1, 0.15) is 27.0 Å². The van der Waals surface area contributed by atoms with Crippen LogP contribution < -0.4 is 15.4 Å². The molecule has 0 bridgehead atoms. The van der Waals surface area contributed by atoms with E-state index in [0.717, 1.165) is 49.8 Å². The summed E-state index contributed by atoms with van der Waals surface area (Å²) >= 11 is 9.06. The molecular formula is C29H24BrN3O3S. The third-order valence-corrected chi connectivity index (χ3v) is 7.16. The Morgan fingerprint density at radius 3 is 2.59 bits per heavy atom. The number of ether oxygens (including phenoxy) is 1. The molecule has 5 aromatic rings. The van der Waals surface area contributed by atoms with Crippen molar-refractivity contribution >= 4 is 66.7 Å². The first kappa shape index (κ1) is 24.9. The largest absolute Gasteiger partial charge is 0.495 e. The molecule has 0 saturated heterocycles. The number of fused-ring (bicyclic) bond motifs is 2. The fraction of sp³-hybridized carbons (Fsp3) is 0.138. The first-order valence-corrected chi connectivity index (χ1v) is 12.8. The number of halogens is 1. The van der Waals surface area contributed by atoms with Crippen molar-refractivity contribution in [3.63, 3.8) is 0 Å². The number of thiocarbonyl (C=S) groups is 1. The highest BCUT2D eigenvalue weighted by atomic mass is 79.9. The van der Waals surface area contributed by atoms with Gasteiger partial charge in [-0.25, -0.2) is 4.98 Å². The Labute approximate surface area is 228 Å².